The lowest BCUT2D eigenvalue weighted by Crippen LogP contribution is -2.53. The third kappa shape index (κ3) is 3.33. The molecule has 0 radical (unpaired) electrons. The van der Waals surface area contributed by atoms with Gasteiger partial charge in [0.1, 0.15) is 16.5 Å². The van der Waals surface area contributed by atoms with E-state index in [-0.39, 0.29) is 5.15 Å². The number of aromatic nitrogens is 1. The Hall–Kier alpha value is -1.82. The highest BCUT2D eigenvalue weighted by molar-refractivity contribution is 6.30. The molecule has 0 bridgehead atoms. The van der Waals surface area contributed by atoms with Crippen molar-refractivity contribution in [3.63, 3.8) is 0 Å². The van der Waals surface area contributed by atoms with Crippen LogP contribution in [0.3, 0.4) is 0 Å². The first kappa shape index (κ1) is 14.2. The number of nitrogens with zero attached hydrogens (tertiary/aromatic N) is 1. The van der Waals surface area contributed by atoms with Crippen molar-refractivity contribution in [2.75, 3.05) is 12.4 Å². The molecule has 1 aromatic rings. The minimum absolute atomic E-state index is 0.184. The van der Waals surface area contributed by atoms with Gasteiger partial charge in [-0.25, -0.2) is 4.98 Å². The number of hydrogen-bond donors (Lipinski definition) is 3. The monoisotopic (exact) mass is 270 g/mol. The van der Waals surface area contributed by atoms with Gasteiger partial charge in [-0.1, -0.05) is 11.6 Å². The van der Waals surface area contributed by atoms with Gasteiger partial charge >= 0.3 is 0 Å². The summed E-state index contributed by atoms with van der Waals surface area (Å²) in [6.45, 7) is 3.05. The summed E-state index contributed by atoms with van der Waals surface area (Å²) in [5.41, 5.74) is 4.35. The molecule has 1 heterocycles. The first-order valence-electron chi connectivity index (χ1n) is 5.24. The lowest BCUT2D eigenvalue weighted by atomic mass is 10.0. The molecule has 0 unspecified atom stereocenters. The van der Waals surface area contributed by atoms with Gasteiger partial charge < -0.3 is 16.4 Å². The standard InChI is InChI=1S/C11H15ClN4O2/c1-11(2,10(13)18)16-9(17)6-4-7(12)15-8(5-6)14-3/h4-5H,1-3H3,(H2,13,18)(H,14,15)(H,16,17). The van der Waals surface area contributed by atoms with Crippen molar-refractivity contribution in [2.24, 2.45) is 5.73 Å². The normalized spacial score (nSPS) is 10.9. The van der Waals surface area contributed by atoms with E-state index in [2.05, 4.69) is 15.6 Å². The first-order chi connectivity index (χ1) is 8.26. The lowest BCUT2D eigenvalue weighted by Gasteiger charge is -2.22. The molecule has 0 fully saturated rings. The summed E-state index contributed by atoms with van der Waals surface area (Å²) in [6.07, 6.45) is 0. The Bertz CT molecular complexity index is 488. The molecule has 18 heavy (non-hydrogen) atoms. The van der Waals surface area contributed by atoms with Gasteiger partial charge in [-0.2, -0.15) is 0 Å². The molecule has 2 amide bonds. The quantitative estimate of drug-likeness (QED) is 0.704. The average molecular weight is 271 g/mol. The van der Waals surface area contributed by atoms with Gasteiger partial charge in [0.05, 0.1) is 0 Å². The summed E-state index contributed by atoms with van der Waals surface area (Å²) >= 11 is 5.78. The summed E-state index contributed by atoms with van der Waals surface area (Å²) in [6, 6.07) is 2.94. The summed E-state index contributed by atoms with van der Waals surface area (Å²) < 4.78 is 0. The van der Waals surface area contributed by atoms with E-state index in [1.54, 1.807) is 7.05 Å². The maximum Gasteiger partial charge on any atom is 0.252 e. The van der Waals surface area contributed by atoms with Crippen molar-refractivity contribution in [2.45, 2.75) is 19.4 Å². The predicted molar refractivity (Wildman–Crippen MR) is 69.5 cm³/mol. The predicted octanol–water partition coefficient (Wildman–Crippen LogP) is 0.770. The highest BCUT2D eigenvalue weighted by atomic mass is 35.5. The van der Waals surface area contributed by atoms with E-state index in [1.165, 1.54) is 26.0 Å². The molecule has 0 spiro atoms. The van der Waals surface area contributed by atoms with Crippen LogP contribution < -0.4 is 16.4 Å². The molecule has 0 atom stereocenters. The largest absolute Gasteiger partial charge is 0.373 e. The second-order valence-corrected chi connectivity index (χ2v) is 4.64. The molecule has 1 rings (SSSR count). The number of rotatable bonds is 4. The number of nitrogens with one attached hydrogen (secondary N) is 2. The molecule has 0 saturated carbocycles. The number of nitrogens with two attached hydrogens (primary N) is 1. The number of primary amides is 1. The van der Waals surface area contributed by atoms with E-state index in [0.29, 0.717) is 11.4 Å². The minimum Gasteiger partial charge on any atom is -0.373 e. The second-order valence-electron chi connectivity index (χ2n) is 4.26. The molecule has 4 N–H and O–H groups in total. The molecule has 0 saturated heterocycles. The van der Waals surface area contributed by atoms with Crippen LogP contribution in [0.5, 0.6) is 0 Å². The van der Waals surface area contributed by atoms with Crippen LogP contribution in [0.4, 0.5) is 5.82 Å². The van der Waals surface area contributed by atoms with E-state index >= 15 is 0 Å². The number of halogens is 1. The Morgan fingerprint density at radius 3 is 2.50 bits per heavy atom. The van der Waals surface area contributed by atoms with Crippen molar-refractivity contribution < 1.29 is 9.59 Å². The highest BCUT2D eigenvalue weighted by Crippen LogP contribution is 2.15. The molecule has 7 heteroatoms. The van der Waals surface area contributed by atoms with Gasteiger partial charge in [-0.15, -0.1) is 0 Å². The van der Waals surface area contributed by atoms with Crippen molar-refractivity contribution in [1.82, 2.24) is 10.3 Å². The molecule has 98 valence electrons. The van der Waals surface area contributed by atoms with Gasteiger partial charge in [-0.3, -0.25) is 9.59 Å². The smallest absolute Gasteiger partial charge is 0.252 e. The Labute approximate surface area is 110 Å². The van der Waals surface area contributed by atoms with Crippen LogP contribution in [-0.4, -0.2) is 29.4 Å². The lowest BCUT2D eigenvalue weighted by molar-refractivity contribution is -0.122. The Morgan fingerprint density at radius 2 is 2.00 bits per heavy atom. The summed E-state index contributed by atoms with van der Waals surface area (Å²) in [4.78, 5) is 27.0. The maximum atomic E-state index is 12.0. The van der Waals surface area contributed by atoms with E-state index in [9.17, 15) is 9.59 Å². The summed E-state index contributed by atoms with van der Waals surface area (Å²) in [7, 11) is 1.66. The van der Waals surface area contributed by atoms with Crippen LogP contribution in [0.15, 0.2) is 12.1 Å². The van der Waals surface area contributed by atoms with Crippen molar-refractivity contribution >= 4 is 29.2 Å². The van der Waals surface area contributed by atoms with Gasteiger partial charge in [0.25, 0.3) is 5.91 Å². The first-order valence-corrected chi connectivity index (χ1v) is 5.62. The summed E-state index contributed by atoms with van der Waals surface area (Å²) in [5, 5.41) is 5.49. The number of hydrogen-bond acceptors (Lipinski definition) is 4. The molecular formula is C11H15ClN4O2. The topological polar surface area (TPSA) is 97.1 Å². The van der Waals surface area contributed by atoms with Gasteiger partial charge in [0.15, 0.2) is 0 Å². The molecule has 1 aromatic heterocycles. The van der Waals surface area contributed by atoms with E-state index < -0.39 is 17.4 Å². The van der Waals surface area contributed by atoms with Crippen LogP contribution >= 0.6 is 11.6 Å². The zero-order valence-electron chi connectivity index (χ0n) is 10.4. The molecular weight excluding hydrogens is 256 g/mol. The van der Waals surface area contributed by atoms with Crippen molar-refractivity contribution in [1.29, 1.82) is 0 Å². The average Bonchev–Trinajstić information content (AvgIpc) is 2.27. The molecule has 0 aliphatic heterocycles. The minimum atomic E-state index is -1.13. The van der Waals surface area contributed by atoms with Gasteiger partial charge in [0, 0.05) is 12.6 Å². The number of carbonyl (C=O) groups is 2. The fourth-order valence-corrected chi connectivity index (χ4v) is 1.38. The second kappa shape index (κ2) is 5.22. The van der Waals surface area contributed by atoms with E-state index in [1.807, 2.05) is 0 Å². The fourth-order valence-electron chi connectivity index (χ4n) is 1.17. The van der Waals surface area contributed by atoms with E-state index in [0.717, 1.165) is 0 Å². The molecule has 0 aliphatic carbocycles. The third-order valence-corrected chi connectivity index (χ3v) is 2.55. The zero-order valence-corrected chi connectivity index (χ0v) is 11.1. The molecule has 6 nitrogen and oxygen atoms in total. The molecule has 0 aromatic carbocycles. The van der Waals surface area contributed by atoms with Crippen LogP contribution in [0.2, 0.25) is 5.15 Å². The maximum absolute atomic E-state index is 12.0. The van der Waals surface area contributed by atoms with Crippen LogP contribution in [0.25, 0.3) is 0 Å². The number of pyridine rings is 1. The Balaban J connectivity index is 2.98. The molecule has 0 aliphatic rings. The summed E-state index contributed by atoms with van der Waals surface area (Å²) in [5.74, 6) is -0.603. The number of amides is 2. The Morgan fingerprint density at radius 1 is 1.39 bits per heavy atom. The zero-order chi connectivity index (χ0) is 13.9. The fraction of sp³-hybridized carbons (Fsp3) is 0.364. The van der Waals surface area contributed by atoms with Crippen molar-refractivity contribution in [3.8, 4) is 0 Å². The number of carbonyl (C=O) groups excluding carboxylic acids is 2. The van der Waals surface area contributed by atoms with Gasteiger partial charge in [-0.05, 0) is 26.0 Å². The number of anilines is 1. The Kier molecular flexibility index (Phi) is 4.13. The van der Waals surface area contributed by atoms with E-state index in [4.69, 9.17) is 17.3 Å². The van der Waals surface area contributed by atoms with Crippen molar-refractivity contribution in [3.05, 3.63) is 22.8 Å². The van der Waals surface area contributed by atoms with Gasteiger partial charge in [0.2, 0.25) is 5.91 Å². The highest BCUT2D eigenvalue weighted by Gasteiger charge is 2.27. The van der Waals surface area contributed by atoms with Crippen LogP contribution in [-0.2, 0) is 4.79 Å². The SMILES string of the molecule is CNc1cc(C(=O)NC(C)(C)C(N)=O)cc(Cl)n1. The third-order valence-electron chi connectivity index (χ3n) is 2.35. The van der Waals surface area contributed by atoms with Crippen LogP contribution in [0.1, 0.15) is 24.2 Å². The van der Waals surface area contributed by atoms with Crippen LogP contribution in [0, 0.1) is 0 Å².